The largest absolute Gasteiger partial charge is 0.472 e. The number of benzene rings is 2. The predicted octanol–water partition coefficient (Wildman–Crippen LogP) is 4.01. The van der Waals surface area contributed by atoms with Crippen LogP contribution in [0.3, 0.4) is 0 Å². The van der Waals surface area contributed by atoms with Crippen LogP contribution >= 0.6 is 0 Å². The number of amides is 1. The number of fused-ring (bicyclic) bond motifs is 1. The molecular formula is C33H40N4O3. The maximum atomic E-state index is 13.6. The van der Waals surface area contributed by atoms with Crippen LogP contribution in [-0.4, -0.2) is 90.2 Å². The second-order valence-corrected chi connectivity index (χ2v) is 11.0. The first kappa shape index (κ1) is 29.3. The van der Waals surface area contributed by atoms with E-state index in [1.165, 1.54) is 16.7 Å². The van der Waals surface area contributed by atoms with Gasteiger partial charge in [-0.15, -0.1) is 0 Å². The Morgan fingerprint density at radius 1 is 1.10 bits per heavy atom. The first-order valence-corrected chi connectivity index (χ1v) is 13.8. The number of hydrogen-bond donors (Lipinski definition) is 1. The fraction of sp³-hybridized carbons (Fsp3) is 0.394. The highest BCUT2D eigenvalue weighted by Crippen LogP contribution is 2.28. The number of likely N-dealkylation sites (N-methyl/N-ethyl adjacent to an activating group) is 1. The summed E-state index contributed by atoms with van der Waals surface area (Å²) in [5, 5.41) is 9.92. The number of carbonyl (C=O) groups is 1. The number of nitrogens with zero attached hydrogens (tertiary/aromatic N) is 4. The maximum absolute atomic E-state index is 13.6. The Bertz CT molecular complexity index is 1330. The molecule has 1 N–H and O–H groups in total. The van der Waals surface area contributed by atoms with Crippen molar-refractivity contribution in [3.8, 4) is 28.8 Å². The standard InChI is InChI=1S/C33H40N4O3/c1-24-20-37(25(2)23-38)33(39)30-18-27(10-9-17-35(3)4)19-34-32(30)40-31(24)22-36(5)21-26-13-15-29(16-14-26)28-11-7-6-8-12-28/h6-8,11-16,18-19,24-25,31,38H,17,20-23H2,1-5H3/t24-,25-,31-/m1/s1. The Morgan fingerprint density at radius 2 is 1.80 bits per heavy atom. The van der Waals surface area contributed by atoms with Crippen LogP contribution < -0.4 is 4.74 Å². The van der Waals surface area contributed by atoms with E-state index >= 15 is 0 Å². The van der Waals surface area contributed by atoms with E-state index in [2.05, 4.69) is 84.2 Å². The van der Waals surface area contributed by atoms with E-state index in [4.69, 9.17) is 4.74 Å². The molecular weight excluding hydrogens is 500 g/mol. The highest BCUT2D eigenvalue weighted by molar-refractivity contribution is 5.97. The van der Waals surface area contributed by atoms with E-state index in [1.54, 1.807) is 17.2 Å². The molecule has 1 amide bonds. The highest BCUT2D eigenvalue weighted by atomic mass is 16.5. The van der Waals surface area contributed by atoms with Crippen molar-refractivity contribution in [2.45, 2.75) is 32.5 Å². The van der Waals surface area contributed by atoms with Crippen LogP contribution in [0, 0.1) is 17.8 Å². The van der Waals surface area contributed by atoms with Gasteiger partial charge in [0.15, 0.2) is 0 Å². The Morgan fingerprint density at radius 3 is 2.48 bits per heavy atom. The number of aromatic nitrogens is 1. The maximum Gasteiger partial charge on any atom is 0.259 e. The summed E-state index contributed by atoms with van der Waals surface area (Å²) in [5.41, 5.74) is 4.66. The summed E-state index contributed by atoms with van der Waals surface area (Å²) in [4.78, 5) is 24.1. The number of pyridine rings is 1. The van der Waals surface area contributed by atoms with Gasteiger partial charge in [0.1, 0.15) is 11.7 Å². The smallest absolute Gasteiger partial charge is 0.259 e. The van der Waals surface area contributed by atoms with Crippen molar-refractivity contribution in [1.29, 1.82) is 0 Å². The number of aliphatic hydroxyl groups excluding tert-OH is 1. The first-order chi connectivity index (χ1) is 19.2. The van der Waals surface area contributed by atoms with Crippen molar-refractivity contribution in [3.05, 3.63) is 83.6 Å². The SMILES string of the molecule is C[C@@H]1CN([C@H](C)CO)C(=O)c2cc(C#CCN(C)C)cnc2O[C@@H]1CN(C)Cc1ccc(-c2ccccc2)cc1. The van der Waals surface area contributed by atoms with Crippen molar-refractivity contribution >= 4 is 5.91 Å². The molecule has 3 aromatic rings. The van der Waals surface area contributed by atoms with E-state index < -0.39 is 0 Å². The molecule has 0 aliphatic carbocycles. The quantitative estimate of drug-likeness (QED) is 0.436. The molecule has 40 heavy (non-hydrogen) atoms. The molecule has 0 saturated carbocycles. The second-order valence-electron chi connectivity index (χ2n) is 11.0. The Kier molecular flexibility index (Phi) is 9.94. The molecule has 2 aromatic carbocycles. The average Bonchev–Trinajstić information content (AvgIpc) is 2.95. The molecule has 7 nitrogen and oxygen atoms in total. The van der Waals surface area contributed by atoms with Crippen LogP contribution in [0.4, 0.5) is 0 Å². The van der Waals surface area contributed by atoms with Crippen molar-refractivity contribution in [2.75, 3.05) is 47.4 Å². The van der Waals surface area contributed by atoms with Gasteiger partial charge in [-0.25, -0.2) is 4.98 Å². The van der Waals surface area contributed by atoms with Gasteiger partial charge < -0.3 is 14.7 Å². The zero-order chi connectivity index (χ0) is 28.6. The van der Waals surface area contributed by atoms with Crippen molar-refractivity contribution in [2.24, 2.45) is 5.92 Å². The van der Waals surface area contributed by atoms with E-state index in [0.29, 0.717) is 36.6 Å². The third-order valence-corrected chi connectivity index (χ3v) is 7.15. The number of carbonyl (C=O) groups excluding carboxylic acids is 1. The zero-order valence-electron chi connectivity index (χ0n) is 24.2. The molecule has 1 aliphatic heterocycles. The molecule has 7 heteroatoms. The summed E-state index contributed by atoms with van der Waals surface area (Å²) in [6.45, 7) is 6.33. The summed E-state index contributed by atoms with van der Waals surface area (Å²) < 4.78 is 6.45. The molecule has 0 fully saturated rings. The molecule has 0 bridgehead atoms. The van der Waals surface area contributed by atoms with Crippen molar-refractivity contribution < 1.29 is 14.6 Å². The molecule has 1 aliphatic rings. The van der Waals surface area contributed by atoms with Gasteiger partial charge in [0.2, 0.25) is 5.88 Å². The third-order valence-electron chi connectivity index (χ3n) is 7.15. The molecule has 2 heterocycles. The fourth-order valence-corrected chi connectivity index (χ4v) is 4.80. The molecule has 0 saturated heterocycles. The van der Waals surface area contributed by atoms with Gasteiger partial charge in [0.05, 0.1) is 19.2 Å². The van der Waals surface area contributed by atoms with Gasteiger partial charge in [0, 0.05) is 37.3 Å². The van der Waals surface area contributed by atoms with Crippen LogP contribution in [0.1, 0.15) is 35.3 Å². The lowest BCUT2D eigenvalue weighted by molar-refractivity contribution is 0.0325. The normalized spacial score (nSPS) is 17.9. The zero-order valence-corrected chi connectivity index (χ0v) is 24.2. The fourth-order valence-electron chi connectivity index (χ4n) is 4.80. The predicted molar refractivity (Wildman–Crippen MR) is 159 cm³/mol. The molecule has 0 spiro atoms. The van der Waals surface area contributed by atoms with E-state index in [-0.39, 0.29) is 30.6 Å². The van der Waals surface area contributed by atoms with Gasteiger partial charge in [-0.05, 0) is 50.8 Å². The lowest BCUT2D eigenvalue weighted by atomic mass is 9.99. The summed E-state index contributed by atoms with van der Waals surface area (Å²) in [6, 6.07) is 20.4. The van der Waals surface area contributed by atoms with Gasteiger partial charge in [-0.3, -0.25) is 14.6 Å². The summed E-state index contributed by atoms with van der Waals surface area (Å²) >= 11 is 0. The molecule has 210 valence electrons. The Hall–Kier alpha value is -3.70. The number of rotatable bonds is 8. The van der Waals surface area contributed by atoms with E-state index in [9.17, 15) is 9.90 Å². The van der Waals surface area contributed by atoms with Crippen LogP contribution in [0.2, 0.25) is 0 Å². The Balaban J connectivity index is 1.53. The number of hydrogen-bond acceptors (Lipinski definition) is 6. The number of aliphatic hydroxyl groups is 1. The average molecular weight is 541 g/mol. The van der Waals surface area contributed by atoms with Gasteiger partial charge >= 0.3 is 0 Å². The molecule has 4 rings (SSSR count). The van der Waals surface area contributed by atoms with Gasteiger partial charge in [-0.1, -0.05) is 73.4 Å². The van der Waals surface area contributed by atoms with Gasteiger partial charge in [0.25, 0.3) is 5.91 Å². The van der Waals surface area contributed by atoms with Crippen LogP contribution in [0.25, 0.3) is 11.1 Å². The first-order valence-electron chi connectivity index (χ1n) is 13.8. The lowest BCUT2D eigenvalue weighted by Gasteiger charge is -2.37. The minimum Gasteiger partial charge on any atom is -0.472 e. The minimum atomic E-state index is -0.328. The highest BCUT2D eigenvalue weighted by Gasteiger charge is 2.34. The Labute approximate surface area is 238 Å². The number of ether oxygens (including phenoxy) is 1. The van der Waals surface area contributed by atoms with Crippen molar-refractivity contribution in [3.63, 3.8) is 0 Å². The van der Waals surface area contributed by atoms with Crippen molar-refractivity contribution in [1.82, 2.24) is 19.7 Å². The lowest BCUT2D eigenvalue weighted by Crippen LogP contribution is -2.49. The molecule has 1 aromatic heterocycles. The second kappa shape index (κ2) is 13.6. The monoisotopic (exact) mass is 540 g/mol. The third kappa shape index (κ3) is 7.48. The summed E-state index contributed by atoms with van der Waals surface area (Å²) in [5.74, 6) is 6.34. The van der Waals surface area contributed by atoms with Crippen LogP contribution in [0.5, 0.6) is 5.88 Å². The van der Waals surface area contributed by atoms with Gasteiger partial charge in [-0.2, -0.15) is 0 Å². The van der Waals surface area contributed by atoms with Crippen LogP contribution in [0.15, 0.2) is 66.9 Å². The summed E-state index contributed by atoms with van der Waals surface area (Å²) in [6.07, 6.45) is 1.46. The van der Waals surface area contributed by atoms with Crippen LogP contribution in [-0.2, 0) is 6.54 Å². The minimum absolute atomic E-state index is 0.0235. The molecule has 0 radical (unpaired) electrons. The molecule has 0 unspecified atom stereocenters. The van der Waals surface area contributed by atoms with E-state index in [1.807, 2.05) is 32.0 Å². The topological polar surface area (TPSA) is 69.1 Å². The van der Waals surface area contributed by atoms with E-state index in [0.717, 1.165) is 6.54 Å². The summed E-state index contributed by atoms with van der Waals surface area (Å²) in [7, 11) is 5.99. The molecule has 3 atom stereocenters.